The van der Waals surface area contributed by atoms with Crippen LogP contribution in [0.25, 0.3) is 0 Å². The maximum Gasteiger partial charge on any atom is 0.260 e. The normalized spacial score (nSPS) is 11.4. The van der Waals surface area contributed by atoms with E-state index in [1.54, 1.807) is 20.8 Å². The predicted octanol–water partition coefficient (Wildman–Crippen LogP) is 2.93. The number of hydrogen-bond acceptors (Lipinski definition) is 8. The van der Waals surface area contributed by atoms with Gasteiger partial charge in [0.2, 0.25) is 10.0 Å². The Morgan fingerprint density at radius 1 is 0.971 bits per heavy atom. The first-order valence-corrected chi connectivity index (χ1v) is 11.7. The number of amides is 2. The molecule has 2 amide bonds. The van der Waals surface area contributed by atoms with E-state index < -0.39 is 27.6 Å². The fourth-order valence-corrected chi connectivity index (χ4v) is 4.68. The number of anilines is 2. The second-order valence-corrected chi connectivity index (χ2v) is 9.14. The fourth-order valence-electron chi connectivity index (χ4n) is 3.19. The number of phenolic OH excluding ortho intramolecular Hbond substituents is 2. The highest BCUT2D eigenvalue weighted by atomic mass is 32.2. The maximum absolute atomic E-state index is 12.7. The van der Waals surface area contributed by atoms with Crippen molar-refractivity contribution in [3.63, 3.8) is 0 Å². The molecule has 11 nitrogen and oxygen atoms in total. The summed E-state index contributed by atoms with van der Waals surface area (Å²) >= 11 is 0. The highest BCUT2D eigenvalue weighted by molar-refractivity contribution is 7.89. The molecule has 34 heavy (non-hydrogen) atoms. The van der Waals surface area contributed by atoms with Crippen molar-refractivity contribution in [2.45, 2.75) is 25.7 Å². The summed E-state index contributed by atoms with van der Waals surface area (Å²) < 4.78 is 31.6. The molecule has 0 bridgehead atoms. The Kier molecular flexibility index (Phi) is 7.23. The number of nitrogens with one attached hydrogen (secondary N) is 2. The van der Waals surface area contributed by atoms with E-state index in [2.05, 4.69) is 15.8 Å². The Hall–Kier alpha value is -3.90. The summed E-state index contributed by atoms with van der Waals surface area (Å²) in [5, 5.41) is 28.9. The van der Waals surface area contributed by atoms with Crippen LogP contribution in [-0.2, 0) is 10.0 Å². The number of phenols is 2. The van der Waals surface area contributed by atoms with Crippen LogP contribution < -0.4 is 10.6 Å². The van der Waals surface area contributed by atoms with E-state index in [1.807, 2.05) is 0 Å². The largest absolute Gasteiger partial charge is 0.507 e. The highest BCUT2D eigenvalue weighted by Crippen LogP contribution is 2.30. The topological polar surface area (TPSA) is 162 Å². The molecule has 0 spiro atoms. The molecule has 1 aromatic heterocycles. The van der Waals surface area contributed by atoms with Gasteiger partial charge in [-0.1, -0.05) is 19.0 Å². The lowest BCUT2D eigenvalue weighted by Gasteiger charge is -2.19. The van der Waals surface area contributed by atoms with Gasteiger partial charge in [-0.05, 0) is 37.3 Å². The van der Waals surface area contributed by atoms with Gasteiger partial charge in [0.1, 0.15) is 22.8 Å². The van der Waals surface area contributed by atoms with E-state index in [0.29, 0.717) is 5.76 Å². The monoisotopic (exact) mass is 488 g/mol. The van der Waals surface area contributed by atoms with Crippen LogP contribution in [0.2, 0.25) is 0 Å². The summed E-state index contributed by atoms with van der Waals surface area (Å²) in [5.41, 5.74) is 0.139. The van der Waals surface area contributed by atoms with Gasteiger partial charge in [0, 0.05) is 24.8 Å². The molecule has 0 radical (unpaired) electrons. The predicted molar refractivity (Wildman–Crippen MR) is 123 cm³/mol. The second kappa shape index (κ2) is 9.93. The quantitative estimate of drug-likeness (QED) is 0.352. The van der Waals surface area contributed by atoms with Crippen molar-refractivity contribution in [3.8, 4) is 11.5 Å². The summed E-state index contributed by atoms with van der Waals surface area (Å²) in [4.78, 5) is 24.9. The van der Waals surface area contributed by atoms with Crippen molar-refractivity contribution in [2.75, 3.05) is 23.7 Å². The number of aryl methyl sites for hydroxylation is 1. The van der Waals surface area contributed by atoms with Gasteiger partial charge in [-0.15, -0.1) is 0 Å². The van der Waals surface area contributed by atoms with Crippen molar-refractivity contribution < 1.29 is 32.7 Å². The first kappa shape index (κ1) is 24.7. The summed E-state index contributed by atoms with van der Waals surface area (Å²) in [6.07, 6.45) is 1.26. The van der Waals surface area contributed by atoms with E-state index in [9.17, 15) is 28.2 Å². The third-order valence-corrected chi connectivity index (χ3v) is 7.10. The minimum atomic E-state index is -3.82. The molecule has 0 aliphatic rings. The number of sulfonamides is 1. The van der Waals surface area contributed by atoms with E-state index in [0.717, 1.165) is 12.1 Å². The average Bonchev–Trinajstić information content (AvgIpc) is 3.21. The molecule has 1 heterocycles. The Bertz CT molecular complexity index is 1330. The number of aromatic hydroxyl groups is 2. The van der Waals surface area contributed by atoms with Gasteiger partial charge in [-0.2, -0.15) is 4.31 Å². The van der Waals surface area contributed by atoms with Gasteiger partial charge in [0.05, 0.1) is 22.3 Å². The number of carbonyl (C=O) groups is 2. The van der Waals surface area contributed by atoms with Gasteiger partial charge in [-0.3, -0.25) is 9.59 Å². The molecule has 0 saturated heterocycles. The molecule has 2 aromatic carbocycles. The smallest absolute Gasteiger partial charge is 0.260 e. The molecular formula is C22H24N4O7S. The van der Waals surface area contributed by atoms with Gasteiger partial charge in [-0.25, -0.2) is 8.42 Å². The van der Waals surface area contributed by atoms with Crippen LogP contribution in [0, 0.1) is 6.92 Å². The van der Waals surface area contributed by atoms with Crippen LogP contribution in [0.4, 0.5) is 11.4 Å². The summed E-state index contributed by atoms with van der Waals surface area (Å²) in [6.45, 7) is 5.49. The first-order chi connectivity index (χ1) is 16.1. The molecule has 0 unspecified atom stereocenters. The van der Waals surface area contributed by atoms with Crippen molar-refractivity contribution in [1.29, 1.82) is 0 Å². The van der Waals surface area contributed by atoms with E-state index >= 15 is 0 Å². The molecule has 12 heteroatoms. The zero-order valence-electron chi connectivity index (χ0n) is 18.7. The van der Waals surface area contributed by atoms with Gasteiger partial charge >= 0.3 is 0 Å². The minimum absolute atomic E-state index is 0.101. The van der Waals surface area contributed by atoms with Crippen molar-refractivity contribution >= 4 is 33.2 Å². The van der Waals surface area contributed by atoms with Crippen molar-refractivity contribution in [2.24, 2.45) is 0 Å². The van der Waals surface area contributed by atoms with Gasteiger partial charge < -0.3 is 25.4 Å². The second-order valence-electron chi connectivity index (χ2n) is 7.20. The Morgan fingerprint density at radius 2 is 1.65 bits per heavy atom. The molecule has 3 rings (SSSR count). The Morgan fingerprint density at radius 3 is 2.24 bits per heavy atom. The van der Waals surface area contributed by atoms with Crippen LogP contribution in [0.15, 0.2) is 52.0 Å². The number of hydrogen-bond donors (Lipinski definition) is 4. The van der Waals surface area contributed by atoms with Crippen LogP contribution in [0.5, 0.6) is 11.5 Å². The molecule has 4 N–H and O–H groups in total. The Balaban J connectivity index is 1.81. The van der Waals surface area contributed by atoms with E-state index in [1.165, 1.54) is 34.8 Å². The zero-order chi connectivity index (χ0) is 25.0. The van der Waals surface area contributed by atoms with Crippen LogP contribution >= 0.6 is 0 Å². The lowest BCUT2D eigenvalue weighted by molar-refractivity contribution is 0.101. The SMILES string of the molecule is CCN(CC)S(=O)(=O)c1ccc(O)c(NC(=O)c2ccc(NC(=O)c3cnoc3C)cc2O)c1. The number of carbonyl (C=O) groups excluding carboxylic acids is 2. The lowest BCUT2D eigenvalue weighted by Crippen LogP contribution is -2.30. The third kappa shape index (κ3) is 5.02. The number of aromatic nitrogens is 1. The molecule has 0 atom stereocenters. The molecular weight excluding hydrogens is 464 g/mol. The first-order valence-electron chi connectivity index (χ1n) is 10.3. The third-order valence-electron chi connectivity index (χ3n) is 5.05. The van der Waals surface area contributed by atoms with Gasteiger partial charge in [0.15, 0.2) is 0 Å². The average molecular weight is 489 g/mol. The zero-order valence-corrected chi connectivity index (χ0v) is 19.5. The minimum Gasteiger partial charge on any atom is -0.507 e. The lowest BCUT2D eigenvalue weighted by atomic mass is 10.1. The van der Waals surface area contributed by atoms with Crippen LogP contribution in [0.3, 0.4) is 0 Å². The summed E-state index contributed by atoms with van der Waals surface area (Å²) in [6, 6.07) is 7.40. The van der Waals surface area contributed by atoms with Crippen LogP contribution in [-0.4, -0.2) is 53.0 Å². The number of nitrogens with zero attached hydrogens (tertiary/aromatic N) is 2. The standard InChI is InChI=1S/C22H24N4O7S/c1-4-26(5-2)34(31,32)15-7-9-19(27)18(11-15)25-21(29)16-8-6-14(10-20(16)28)24-22(30)17-12-23-33-13(17)3/h6-12,27-28H,4-5H2,1-3H3,(H,24,30)(H,25,29). The maximum atomic E-state index is 12.7. The summed E-state index contributed by atoms with van der Waals surface area (Å²) in [5.74, 6) is -1.77. The molecule has 3 aromatic rings. The fraction of sp³-hybridized carbons (Fsp3) is 0.227. The van der Waals surface area contributed by atoms with Crippen molar-refractivity contribution in [3.05, 3.63) is 59.5 Å². The summed E-state index contributed by atoms with van der Waals surface area (Å²) in [7, 11) is -3.82. The Labute approximate surface area is 196 Å². The molecule has 180 valence electrons. The molecule has 0 aliphatic heterocycles. The van der Waals surface area contributed by atoms with Crippen molar-refractivity contribution in [1.82, 2.24) is 9.46 Å². The van der Waals surface area contributed by atoms with Gasteiger partial charge in [0.25, 0.3) is 11.8 Å². The molecule has 0 fully saturated rings. The molecule has 0 saturated carbocycles. The number of benzene rings is 2. The number of rotatable bonds is 8. The van der Waals surface area contributed by atoms with E-state index in [4.69, 9.17) is 4.52 Å². The molecule has 0 aliphatic carbocycles. The van der Waals surface area contributed by atoms with Crippen LogP contribution in [0.1, 0.15) is 40.3 Å². The van der Waals surface area contributed by atoms with E-state index in [-0.39, 0.29) is 46.2 Å². The highest BCUT2D eigenvalue weighted by Gasteiger charge is 2.23.